The Kier molecular flexibility index (Phi) is 10.9. The number of rotatable bonds is 6. The SMILES string of the molecule is CCOC1CCN(C(=NC)NCCNC(=O)c2ccc(Cl)cc2)CC1.I. The van der Waals surface area contributed by atoms with Gasteiger partial charge in [0.25, 0.3) is 5.91 Å². The van der Waals surface area contributed by atoms with E-state index in [0.717, 1.165) is 38.5 Å². The molecule has 146 valence electrons. The van der Waals surface area contributed by atoms with Gasteiger partial charge in [-0.2, -0.15) is 0 Å². The van der Waals surface area contributed by atoms with Crippen LogP contribution in [0.2, 0.25) is 5.02 Å². The van der Waals surface area contributed by atoms with Crippen molar-refractivity contribution in [1.29, 1.82) is 0 Å². The fraction of sp³-hybridized carbons (Fsp3) is 0.556. The van der Waals surface area contributed by atoms with Crippen LogP contribution in [0.4, 0.5) is 0 Å². The van der Waals surface area contributed by atoms with Crippen molar-refractivity contribution in [2.24, 2.45) is 4.99 Å². The van der Waals surface area contributed by atoms with E-state index in [4.69, 9.17) is 16.3 Å². The maximum Gasteiger partial charge on any atom is 0.251 e. The van der Waals surface area contributed by atoms with E-state index in [-0.39, 0.29) is 29.9 Å². The first-order chi connectivity index (χ1) is 12.1. The topological polar surface area (TPSA) is 66.0 Å². The number of carbonyl (C=O) groups excluding carboxylic acids is 1. The average molecular weight is 495 g/mol. The highest BCUT2D eigenvalue weighted by Crippen LogP contribution is 2.13. The van der Waals surface area contributed by atoms with Gasteiger partial charge in [-0.3, -0.25) is 9.79 Å². The van der Waals surface area contributed by atoms with Gasteiger partial charge in [-0.15, -0.1) is 24.0 Å². The number of hydrogen-bond acceptors (Lipinski definition) is 3. The van der Waals surface area contributed by atoms with Crippen molar-refractivity contribution in [2.75, 3.05) is 39.8 Å². The fourth-order valence-electron chi connectivity index (χ4n) is 2.86. The minimum absolute atomic E-state index is 0. The summed E-state index contributed by atoms with van der Waals surface area (Å²) in [5, 5.41) is 6.81. The molecule has 0 spiro atoms. The van der Waals surface area contributed by atoms with Crippen molar-refractivity contribution in [2.45, 2.75) is 25.9 Å². The first kappa shape index (κ1) is 23.0. The highest BCUT2D eigenvalue weighted by atomic mass is 127. The second-order valence-electron chi connectivity index (χ2n) is 5.88. The highest BCUT2D eigenvalue weighted by molar-refractivity contribution is 14.0. The number of carbonyl (C=O) groups is 1. The zero-order chi connectivity index (χ0) is 18.1. The van der Waals surface area contributed by atoms with Crippen LogP contribution in [0.25, 0.3) is 0 Å². The summed E-state index contributed by atoms with van der Waals surface area (Å²) in [6, 6.07) is 6.85. The van der Waals surface area contributed by atoms with Gasteiger partial charge in [0.1, 0.15) is 0 Å². The van der Waals surface area contributed by atoms with E-state index in [1.54, 1.807) is 31.3 Å². The number of guanidine groups is 1. The van der Waals surface area contributed by atoms with Gasteiger partial charge in [-0.05, 0) is 44.0 Å². The molecule has 0 radical (unpaired) electrons. The third kappa shape index (κ3) is 7.28. The first-order valence-electron chi connectivity index (χ1n) is 8.75. The number of halogens is 2. The minimum atomic E-state index is -0.106. The van der Waals surface area contributed by atoms with E-state index in [1.807, 2.05) is 6.92 Å². The number of ether oxygens (including phenoxy) is 1. The summed E-state index contributed by atoms with van der Waals surface area (Å²) >= 11 is 5.83. The van der Waals surface area contributed by atoms with Gasteiger partial charge in [0, 0.05) is 50.4 Å². The molecule has 1 amide bonds. The number of benzene rings is 1. The zero-order valence-corrected chi connectivity index (χ0v) is 18.4. The Hall–Kier alpha value is -1.06. The Balaban J connectivity index is 0.00000338. The minimum Gasteiger partial charge on any atom is -0.378 e. The van der Waals surface area contributed by atoms with Crippen molar-refractivity contribution in [1.82, 2.24) is 15.5 Å². The van der Waals surface area contributed by atoms with Gasteiger partial charge in [0.2, 0.25) is 0 Å². The van der Waals surface area contributed by atoms with Gasteiger partial charge >= 0.3 is 0 Å². The van der Waals surface area contributed by atoms with Crippen LogP contribution in [-0.2, 0) is 4.74 Å². The molecule has 1 aliphatic rings. The van der Waals surface area contributed by atoms with E-state index < -0.39 is 0 Å². The molecule has 1 fully saturated rings. The molecule has 1 heterocycles. The Morgan fingerprint density at radius 1 is 1.23 bits per heavy atom. The Morgan fingerprint density at radius 3 is 2.42 bits per heavy atom. The van der Waals surface area contributed by atoms with Crippen LogP contribution < -0.4 is 10.6 Å². The quantitative estimate of drug-likeness (QED) is 0.276. The number of nitrogens with zero attached hydrogens (tertiary/aromatic N) is 2. The molecule has 1 aliphatic heterocycles. The summed E-state index contributed by atoms with van der Waals surface area (Å²) in [4.78, 5) is 18.6. The van der Waals surface area contributed by atoms with E-state index in [9.17, 15) is 4.79 Å². The molecule has 0 saturated carbocycles. The molecule has 0 aliphatic carbocycles. The van der Waals surface area contributed by atoms with E-state index in [0.29, 0.717) is 29.8 Å². The standard InChI is InChI=1S/C18H27ClN4O2.HI/c1-3-25-16-8-12-23(13-9-16)18(20-2)22-11-10-21-17(24)14-4-6-15(19)7-5-14;/h4-7,16H,3,8-13H2,1-2H3,(H,20,22)(H,21,24);1H. The molecule has 26 heavy (non-hydrogen) atoms. The van der Waals surface area contributed by atoms with Crippen molar-refractivity contribution in [3.63, 3.8) is 0 Å². The van der Waals surface area contributed by atoms with Crippen LogP contribution in [0.1, 0.15) is 30.1 Å². The predicted molar refractivity (Wildman–Crippen MR) is 117 cm³/mol. The predicted octanol–water partition coefficient (Wildman–Crippen LogP) is 2.76. The van der Waals surface area contributed by atoms with Gasteiger partial charge in [0.15, 0.2) is 5.96 Å². The normalized spacial score (nSPS) is 15.3. The van der Waals surface area contributed by atoms with Crippen molar-refractivity contribution < 1.29 is 9.53 Å². The van der Waals surface area contributed by atoms with Crippen LogP contribution in [0.5, 0.6) is 0 Å². The summed E-state index contributed by atoms with van der Waals surface area (Å²) in [6.07, 6.45) is 2.39. The molecule has 2 rings (SSSR count). The molecular formula is C18H28ClIN4O2. The summed E-state index contributed by atoms with van der Waals surface area (Å²) in [5.41, 5.74) is 0.603. The first-order valence-corrected chi connectivity index (χ1v) is 9.12. The van der Waals surface area contributed by atoms with E-state index in [2.05, 4.69) is 20.5 Å². The van der Waals surface area contributed by atoms with Crippen LogP contribution >= 0.6 is 35.6 Å². The summed E-state index contributed by atoms with van der Waals surface area (Å²) in [5.74, 6) is 0.765. The molecule has 0 unspecified atom stereocenters. The van der Waals surface area contributed by atoms with E-state index in [1.165, 1.54) is 0 Å². The number of aliphatic imine (C=N–C) groups is 1. The van der Waals surface area contributed by atoms with Crippen LogP contribution in [0, 0.1) is 0 Å². The van der Waals surface area contributed by atoms with Crippen molar-refractivity contribution in [3.05, 3.63) is 34.9 Å². The summed E-state index contributed by atoms with van der Waals surface area (Å²) < 4.78 is 5.68. The second kappa shape index (κ2) is 12.3. The lowest BCUT2D eigenvalue weighted by Gasteiger charge is -2.34. The molecule has 6 nitrogen and oxygen atoms in total. The maximum atomic E-state index is 12.0. The molecule has 2 N–H and O–H groups in total. The molecule has 0 aromatic heterocycles. The second-order valence-corrected chi connectivity index (χ2v) is 6.31. The lowest BCUT2D eigenvalue weighted by molar-refractivity contribution is 0.0264. The van der Waals surface area contributed by atoms with Crippen molar-refractivity contribution >= 4 is 47.4 Å². The largest absolute Gasteiger partial charge is 0.378 e. The summed E-state index contributed by atoms with van der Waals surface area (Å²) in [6.45, 7) is 5.81. The highest BCUT2D eigenvalue weighted by Gasteiger charge is 2.21. The maximum absolute atomic E-state index is 12.0. The van der Waals surface area contributed by atoms with Crippen molar-refractivity contribution in [3.8, 4) is 0 Å². The number of nitrogens with one attached hydrogen (secondary N) is 2. The molecular weight excluding hydrogens is 467 g/mol. The zero-order valence-electron chi connectivity index (χ0n) is 15.3. The third-order valence-electron chi connectivity index (χ3n) is 4.16. The number of hydrogen-bond donors (Lipinski definition) is 2. The average Bonchev–Trinajstić information content (AvgIpc) is 2.63. The smallest absolute Gasteiger partial charge is 0.251 e. The Bertz CT molecular complexity index is 575. The monoisotopic (exact) mass is 494 g/mol. The molecule has 8 heteroatoms. The lowest BCUT2D eigenvalue weighted by atomic mass is 10.1. The molecule has 1 aromatic rings. The van der Waals surface area contributed by atoms with Crippen LogP contribution in [-0.4, -0.2) is 62.7 Å². The lowest BCUT2D eigenvalue weighted by Crippen LogP contribution is -2.48. The van der Waals surface area contributed by atoms with Gasteiger partial charge in [-0.1, -0.05) is 11.6 Å². The molecule has 1 aromatic carbocycles. The number of amides is 1. The molecule has 0 bridgehead atoms. The molecule has 1 saturated heterocycles. The summed E-state index contributed by atoms with van der Waals surface area (Å²) in [7, 11) is 1.78. The van der Waals surface area contributed by atoms with Gasteiger partial charge in [-0.25, -0.2) is 0 Å². The van der Waals surface area contributed by atoms with Gasteiger partial charge < -0.3 is 20.3 Å². The van der Waals surface area contributed by atoms with Gasteiger partial charge in [0.05, 0.1) is 6.10 Å². The third-order valence-corrected chi connectivity index (χ3v) is 4.41. The number of piperidine rings is 1. The van der Waals surface area contributed by atoms with Crippen LogP contribution in [0.15, 0.2) is 29.3 Å². The Morgan fingerprint density at radius 2 is 1.85 bits per heavy atom. The molecule has 0 atom stereocenters. The fourth-order valence-corrected chi connectivity index (χ4v) is 2.98. The number of likely N-dealkylation sites (tertiary alicyclic amines) is 1. The Labute approximate surface area is 177 Å². The van der Waals surface area contributed by atoms with Crippen LogP contribution in [0.3, 0.4) is 0 Å². The van der Waals surface area contributed by atoms with E-state index >= 15 is 0 Å².